The van der Waals surface area contributed by atoms with Gasteiger partial charge in [0.1, 0.15) is 11.0 Å². The molecule has 0 saturated heterocycles. The van der Waals surface area contributed by atoms with Crippen LogP contribution >= 0.6 is 11.3 Å². The van der Waals surface area contributed by atoms with Gasteiger partial charge >= 0.3 is 5.97 Å². The number of sulfonamides is 1. The van der Waals surface area contributed by atoms with Crippen molar-refractivity contribution in [2.24, 2.45) is 0 Å². The first kappa shape index (κ1) is 21.3. The molecule has 1 N–H and O–H groups in total. The van der Waals surface area contributed by atoms with Crippen LogP contribution in [-0.2, 0) is 32.4 Å². The molecule has 156 valence electrons. The van der Waals surface area contributed by atoms with Crippen molar-refractivity contribution < 1.29 is 22.7 Å². The fourth-order valence-electron chi connectivity index (χ4n) is 3.57. The monoisotopic (exact) mass is 436 g/mol. The van der Waals surface area contributed by atoms with Crippen LogP contribution in [0.5, 0.6) is 0 Å². The quantitative estimate of drug-likeness (QED) is 0.702. The van der Waals surface area contributed by atoms with Crippen molar-refractivity contribution in [3.05, 3.63) is 46.3 Å². The van der Waals surface area contributed by atoms with E-state index in [1.54, 1.807) is 30.3 Å². The van der Waals surface area contributed by atoms with Crippen molar-refractivity contribution in [1.82, 2.24) is 0 Å². The number of nitrogens with one attached hydrogen (secondary N) is 1. The van der Waals surface area contributed by atoms with E-state index in [0.717, 1.165) is 46.7 Å². The Morgan fingerprint density at radius 1 is 1.17 bits per heavy atom. The number of hydrogen-bond acceptors (Lipinski definition) is 6. The number of carbonyl (C=O) groups excluding carboxylic acids is 2. The molecule has 29 heavy (non-hydrogen) atoms. The lowest BCUT2D eigenvalue weighted by atomic mass is 9.95. The first-order valence-corrected chi connectivity index (χ1v) is 12.0. The van der Waals surface area contributed by atoms with Gasteiger partial charge in [0.05, 0.1) is 24.6 Å². The number of para-hydroxylation sites is 1. The Balaban J connectivity index is 1.93. The van der Waals surface area contributed by atoms with Crippen LogP contribution < -0.4 is 9.62 Å². The predicted molar refractivity (Wildman–Crippen MR) is 114 cm³/mol. The second-order valence-corrected chi connectivity index (χ2v) is 9.93. The van der Waals surface area contributed by atoms with Crippen LogP contribution in [0.15, 0.2) is 30.3 Å². The zero-order valence-corrected chi connectivity index (χ0v) is 18.2. The third-order valence-electron chi connectivity index (χ3n) is 4.90. The molecule has 1 amide bonds. The van der Waals surface area contributed by atoms with Crippen molar-refractivity contribution in [1.29, 1.82) is 0 Å². The Labute approximate surface area is 174 Å². The molecule has 7 nitrogen and oxygen atoms in total. The van der Waals surface area contributed by atoms with E-state index in [2.05, 4.69) is 5.32 Å². The van der Waals surface area contributed by atoms with Crippen molar-refractivity contribution in [3.63, 3.8) is 0 Å². The summed E-state index contributed by atoms with van der Waals surface area (Å²) in [6.45, 7) is 1.52. The number of hydrogen-bond donors (Lipinski definition) is 1. The number of benzene rings is 1. The average molecular weight is 437 g/mol. The molecule has 1 atom stereocenters. The van der Waals surface area contributed by atoms with Crippen LogP contribution in [0.3, 0.4) is 0 Å². The molecule has 0 fully saturated rings. The van der Waals surface area contributed by atoms with Gasteiger partial charge in [-0.2, -0.15) is 0 Å². The van der Waals surface area contributed by atoms with Crippen LogP contribution in [0.1, 0.15) is 40.6 Å². The smallest absolute Gasteiger partial charge is 0.341 e. The number of fused-ring (bicyclic) bond motifs is 1. The van der Waals surface area contributed by atoms with Gasteiger partial charge in [0.2, 0.25) is 15.9 Å². The average Bonchev–Trinajstić information content (AvgIpc) is 3.05. The Hall–Kier alpha value is -2.39. The van der Waals surface area contributed by atoms with Crippen molar-refractivity contribution in [3.8, 4) is 0 Å². The lowest BCUT2D eigenvalue weighted by molar-refractivity contribution is -0.116. The SMILES string of the molecule is COC(=O)c1c(NC(=O)[C@H](C)N(c2ccccc2)S(C)(=O)=O)sc2c1CCCC2. The molecule has 0 unspecified atom stereocenters. The highest BCUT2D eigenvalue weighted by Gasteiger charge is 2.32. The first-order chi connectivity index (χ1) is 13.7. The summed E-state index contributed by atoms with van der Waals surface area (Å²) in [6, 6.07) is 7.45. The van der Waals surface area contributed by atoms with E-state index in [9.17, 15) is 18.0 Å². The van der Waals surface area contributed by atoms with Gasteiger partial charge in [-0.15, -0.1) is 11.3 Å². The Morgan fingerprint density at radius 2 is 1.83 bits per heavy atom. The summed E-state index contributed by atoms with van der Waals surface area (Å²) in [4.78, 5) is 26.4. The number of amides is 1. The largest absolute Gasteiger partial charge is 0.465 e. The molecule has 3 rings (SSSR count). The Morgan fingerprint density at radius 3 is 2.45 bits per heavy atom. The minimum Gasteiger partial charge on any atom is -0.465 e. The second-order valence-electron chi connectivity index (χ2n) is 6.97. The van der Waals surface area contributed by atoms with E-state index in [0.29, 0.717) is 16.3 Å². The van der Waals surface area contributed by atoms with Crippen LogP contribution in [0.4, 0.5) is 10.7 Å². The number of carbonyl (C=O) groups is 2. The minimum atomic E-state index is -3.70. The number of ether oxygens (including phenoxy) is 1. The normalized spacial score (nSPS) is 14.6. The molecule has 0 bridgehead atoms. The zero-order valence-electron chi connectivity index (χ0n) is 16.6. The molecule has 0 saturated carbocycles. The summed E-state index contributed by atoms with van der Waals surface area (Å²) in [6.07, 6.45) is 4.70. The third kappa shape index (κ3) is 4.45. The van der Waals surface area contributed by atoms with Crippen molar-refractivity contribution in [2.45, 2.75) is 38.6 Å². The van der Waals surface area contributed by atoms with Crippen LogP contribution in [0.2, 0.25) is 0 Å². The molecule has 1 aromatic heterocycles. The van der Waals surface area contributed by atoms with Gasteiger partial charge < -0.3 is 10.1 Å². The van der Waals surface area contributed by atoms with Crippen LogP contribution in [0.25, 0.3) is 0 Å². The molecule has 1 aliphatic rings. The number of rotatable bonds is 6. The van der Waals surface area contributed by atoms with Gasteiger partial charge in [-0.1, -0.05) is 18.2 Å². The summed E-state index contributed by atoms with van der Waals surface area (Å²) in [5.74, 6) is -1.00. The van der Waals surface area contributed by atoms with Crippen LogP contribution in [-0.4, -0.2) is 39.7 Å². The molecule has 1 heterocycles. The minimum absolute atomic E-state index is 0.387. The fourth-order valence-corrected chi connectivity index (χ4v) is 6.03. The summed E-state index contributed by atoms with van der Waals surface area (Å²) < 4.78 is 30.8. The highest BCUT2D eigenvalue weighted by molar-refractivity contribution is 7.92. The zero-order chi connectivity index (χ0) is 21.2. The Kier molecular flexibility index (Phi) is 6.28. The molecular weight excluding hydrogens is 412 g/mol. The van der Waals surface area contributed by atoms with Gasteiger partial charge in [0.25, 0.3) is 0 Å². The number of aryl methyl sites for hydroxylation is 1. The van der Waals surface area contributed by atoms with Gasteiger partial charge in [0, 0.05) is 4.88 Å². The molecule has 2 aromatic rings. The first-order valence-electron chi connectivity index (χ1n) is 9.32. The van der Waals surface area contributed by atoms with Crippen molar-refractivity contribution in [2.75, 3.05) is 23.0 Å². The second kappa shape index (κ2) is 8.54. The Bertz CT molecular complexity index is 1010. The highest BCUT2D eigenvalue weighted by Crippen LogP contribution is 2.38. The highest BCUT2D eigenvalue weighted by atomic mass is 32.2. The molecule has 0 radical (unpaired) electrons. The van der Waals surface area contributed by atoms with Gasteiger partial charge in [-0.05, 0) is 50.3 Å². The van der Waals surface area contributed by atoms with E-state index in [1.807, 2.05) is 0 Å². The van der Waals surface area contributed by atoms with Crippen molar-refractivity contribution >= 4 is 43.9 Å². The summed E-state index contributed by atoms with van der Waals surface area (Å²) in [5, 5.41) is 3.20. The maximum absolute atomic E-state index is 13.0. The summed E-state index contributed by atoms with van der Waals surface area (Å²) >= 11 is 1.37. The maximum atomic E-state index is 13.0. The van der Waals surface area contributed by atoms with E-state index in [1.165, 1.54) is 25.4 Å². The molecule has 0 aliphatic heterocycles. The number of methoxy groups -OCH3 is 1. The molecule has 0 spiro atoms. The standard InChI is InChI=1S/C20H24N2O5S2/c1-13(22(29(3,25)26)14-9-5-4-6-10-14)18(23)21-19-17(20(24)27-2)15-11-7-8-12-16(15)28-19/h4-6,9-10,13H,7-8,11-12H2,1-3H3,(H,21,23)/t13-/m0/s1. The van der Waals surface area contributed by atoms with E-state index in [4.69, 9.17) is 4.74 Å². The third-order valence-corrected chi connectivity index (χ3v) is 7.35. The number of anilines is 2. The van der Waals surface area contributed by atoms with Gasteiger partial charge in [-0.25, -0.2) is 13.2 Å². The summed E-state index contributed by atoms with van der Waals surface area (Å²) in [7, 11) is -2.39. The lowest BCUT2D eigenvalue weighted by Crippen LogP contribution is -2.45. The molecular formula is C20H24N2O5S2. The topological polar surface area (TPSA) is 92.8 Å². The lowest BCUT2D eigenvalue weighted by Gasteiger charge is -2.28. The van der Waals surface area contributed by atoms with E-state index >= 15 is 0 Å². The van der Waals surface area contributed by atoms with Crippen LogP contribution in [0, 0.1) is 0 Å². The fraction of sp³-hybridized carbons (Fsp3) is 0.400. The molecule has 1 aliphatic carbocycles. The van der Waals surface area contributed by atoms with E-state index < -0.39 is 27.9 Å². The summed E-state index contributed by atoms with van der Waals surface area (Å²) in [5.41, 5.74) is 1.72. The predicted octanol–water partition coefficient (Wildman–Crippen LogP) is 3.21. The number of nitrogens with zero attached hydrogens (tertiary/aromatic N) is 1. The number of esters is 1. The molecule has 9 heteroatoms. The molecule has 1 aromatic carbocycles. The van der Waals surface area contributed by atoms with Gasteiger partial charge in [0.15, 0.2) is 0 Å². The van der Waals surface area contributed by atoms with Gasteiger partial charge in [-0.3, -0.25) is 9.10 Å². The van der Waals surface area contributed by atoms with E-state index in [-0.39, 0.29) is 0 Å². The number of thiophene rings is 1. The maximum Gasteiger partial charge on any atom is 0.341 e.